The Morgan fingerprint density at radius 3 is 2.36 bits per heavy atom. The van der Waals surface area contributed by atoms with Gasteiger partial charge in [-0.25, -0.2) is 4.68 Å². The number of amides is 1. The summed E-state index contributed by atoms with van der Waals surface area (Å²) in [6, 6.07) is 9.81. The standard InChI is InChI=1S/C19H27N3O3/c1-14-17(10-18(25)21(4)11-19(3,12-23)13-24)15(2)22(20-14)16-8-6-5-7-9-16/h5-9,23-24H,10-13H2,1-4H3. The monoisotopic (exact) mass is 345 g/mol. The minimum absolute atomic E-state index is 0.0630. The lowest BCUT2D eigenvalue weighted by atomic mass is 9.92. The van der Waals surface area contributed by atoms with E-state index in [9.17, 15) is 15.0 Å². The fraction of sp³-hybridized carbons (Fsp3) is 0.474. The molecular formula is C19H27N3O3. The Hall–Kier alpha value is -2.18. The Morgan fingerprint density at radius 1 is 1.20 bits per heavy atom. The first-order valence-corrected chi connectivity index (χ1v) is 8.37. The molecule has 0 saturated heterocycles. The number of aliphatic hydroxyl groups excluding tert-OH is 2. The van der Waals surface area contributed by atoms with Gasteiger partial charge in [0.15, 0.2) is 0 Å². The van der Waals surface area contributed by atoms with Crippen LogP contribution in [0.1, 0.15) is 23.9 Å². The SMILES string of the molecule is Cc1nn(-c2ccccc2)c(C)c1CC(=O)N(C)CC(C)(CO)CO. The van der Waals surface area contributed by atoms with Gasteiger partial charge in [0.25, 0.3) is 0 Å². The Bertz CT molecular complexity index is 721. The Morgan fingerprint density at radius 2 is 1.80 bits per heavy atom. The number of aromatic nitrogens is 2. The summed E-state index contributed by atoms with van der Waals surface area (Å²) >= 11 is 0. The van der Waals surface area contributed by atoms with Crippen LogP contribution in [-0.2, 0) is 11.2 Å². The third-order valence-electron chi connectivity index (χ3n) is 4.58. The molecule has 1 amide bonds. The summed E-state index contributed by atoms with van der Waals surface area (Å²) in [6.45, 7) is 5.56. The number of rotatable bonds is 7. The Kier molecular flexibility index (Phi) is 5.98. The van der Waals surface area contributed by atoms with Crippen molar-refractivity contribution in [3.05, 3.63) is 47.3 Å². The smallest absolute Gasteiger partial charge is 0.226 e. The van der Waals surface area contributed by atoms with Gasteiger partial charge in [-0.2, -0.15) is 5.10 Å². The second-order valence-electron chi connectivity index (χ2n) is 6.95. The molecule has 2 rings (SSSR count). The van der Waals surface area contributed by atoms with Crippen LogP contribution in [0.2, 0.25) is 0 Å². The molecule has 1 heterocycles. The predicted molar refractivity (Wildman–Crippen MR) is 96.7 cm³/mol. The summed E-state index contributed by atoms with van der Waals surface area (Å²) in [6.07, 6.45) is 0.244. The van der Waals surface area contributed by atoms with Gasteiger partial charge < -0.3 is 15.1 Å². The van der Waals surface area contributed by atoms with Gasteiger partial charge in [0.05, 0.1) is 31.0 Å². The molecule has 1 aromatic carbocycles. The van der Waals surface area contributed by atoms with E-state index in [4.69, 9.17) is 0 Å². The molecule has 1 aromatic heterocycles. The van der Waals surface area contributed by atoms with Crippen LogP contribution in [0.15, 0.2) is 30.3 Å². The third kappa shape index (κ3) is 4.27. The zero-order chi connectivity index (χ0) is 18.6. The van der Waals surface area contributed by atoms with Crippen molar-refractivity contribution < 1.29 is 15.0 Å². The molecule has 0 aliphatic heterocycles. The molecule has 6 heteroatoms. The predicted octanol–water partition coefficient (Wildman–Crippen LogP) is 1.48. The van der Waals surface area contributed by atoms with Crippen LogP contribution in [0, 0.1) is 19.3 Å². The minimum Gasteiger partial charge on any atom is -0.396 e. The molecular weight excluding hydrogens is 318 g/mol. The molecule has 2 aromatic rings. The van der Waals surface area contributed by atoms with Gasteiger partial charge in [-0.3, -0.25) is 4.79 Å². The van der Waals surface area contributed by atoms with E-state index < -0.39 is 5.41 Å². The molecule has 25 heavy (non-hydrogen) atoms. The fourth-order valence-electron chi connectivity index (χ4n) is 2.85. The molecule has 0 saturated carbocycles. The zero-order valence-corrected chi connectivity index (χ0v) is 15.4. The highest BCUT2D eigenvalue weighted by Crippen LogP contribution is 2.20. The highest BCUT2D eigenvalue weighted by molar-refractivity contribution is 5.79. The maximum Gasteiger partial charge on any atom is 0.226 e. The molecule has 0 radical (unpaired) electrons. The summed E-state index contributed by atoms with van der Waals surface area (Å²) in [5.41, 5.74) is 2.94. The second kappa shape index (κ2) is 7.80. The lowest BCUT2D eigenvalue weighted by Gasteiger charge is -2.30. The van der Waals surface area contributed by atoms with E-state index in [1.54, 1.807) is 18.9 Å². The van der Waals surface area contributed by atoms with Crippen LogP contribution in [0.4, 0.5) is 0 Å². The zero-order valence-electron chi connectivity index (χ0n) is 15.4. The van der Waals surface area contributed by atoms with Gasteiger partial charge in [-0.1, -0.05) is 25.1 Å². The van der Waals surface area contributed by atoms with Gasteiger partial charge in [-0.05, 0) is 26.0 Å². The summed E-state index contributed by atoms with van der Waals surface area (Å²) in [5, 5.41) is 23.4. The van der Waals surface area contributed by atoms with Crippen LogP contribution in [0.25, 0.3) is 5.69 Å². The molecule has 0 unspecified atom stereocenters. The molecule has 0 aliphatic carbocycles. The second-order valence-corrected chi connectivity index (χ2v) is 6.95. The minimum atomic E-state index is -0.706. The summed E-state index contributed by atoms with van der Waals surface area (Å²) < 4.78 is 1.85. The van der Waals surface area contributed by atoms with E-state index in [2.05, 4.69) is 5.10 Å². The highest BCUT2D eigenvalue weighted by Gasteiger charge is 2.27. The first-order chi connectivity index (χ1) is 11.8. The largest absolute Gasteiger partial charge is 0.396 e. The average Bonchev–Trinajstić information content (AvgIpc) is 2.90. The van der Waals surface area contributed by atoms with E-state index in [0.717, 1.165) is 22.6 Å². The molecule has 0 bridgehead atoms. The number of carbonyl (C=O) groups excluding carboxylic acids is 1. The van der Waals surface area contributed by atoms with E-state index in [1.807, 2.05) is 48.9 Å². The van der Waals surface area contributed by atoms with Crippen molar-refractivity contribution in [1.82, 2.24) is 14.7 Å². The summed E-state index contributed by atoms with van der Waals surface area (Å²) in [7, 11) is 1.69. The van der Waals surface area contributed by atoms with Crippen molar-refractivity contribution in [3.63, 3.8) is 0 Å². The average molecular weight is 345 g/mol. The first-order valence-electron chi connectivity index (χ1n) is 8.37. The van der Waals surface area contributed by atoms with Gasteiger partial charge in [-0.15, -0.1) is 0 Å². The molecule has 0 spiro atoms. The van der Waals surface area contributed by atoms with Crippen molar-refractivity contribution in [1.29, 1.82) is 0 Å². The Labute approximate surface area is 148 Å². The summed E-state index contributed by atoms with van der Waals surface area (Å²) in [5.74, 6) is -0.0630. The highest BCUT2D eigenvalue weighted by atomic mass is 16.3. The van der Waals surface area contributed by atoms with Gasteiger partial charge in [0.1, 0.15) is 0 Å². The number of aliphatic hydroxyl groups is 2. The van der Waals surface area contributed by atoms with Crippen molar-refractivity contribution >= 4 is 5.91 Å². The van der Waals surface area contributed by atoms with Gasteiger partial charge in [0, 0.05) is 30.3 Å². The molecule has 2 N–H and O–H groups in total. The first kappa shape index (κ1) is 19.1. The molecule has 0 atom stereocenters. The normalized spacial score (nSPS) is 11.6. The number of aryl methyl sites for hydroxylation is 1. The van der Waals surface area contributed by atoms with Crippen molar-refractivity contribution in [3.8, 4) is 5.69 Å². The van der Waals surface area contributed by atoms with Crippen LogP contribution < -0.4 is 0 Å². The van der Waals surface area contributed by atoms with Gasteiger partial charge in [0.2, 0.25) is 5.91 Å². The van der Waals surface area contributed by atoms with Crippen molar-refractivity contribution in [2.75, 3.05) is 26.8 Å². The number of likely N-dealkylation sites (N-methyl/N-ethyl adjacent to an activating group) is 1. The van der Waals surface area contributed by atoms with Crippen LogP contribution in [-0.4, -0.2) is 57.6 Å². The number of para-hydroxylation sites is 1. The number of hydrogen-bond acceptors (Lipinski definition) is 4. The van der Waals surface area contributed by atoms with Crippen LogP contribution in [0.5, 0.6) is 0 Å². The maximum atomic E-state index is 12.6. The van der Waals surface area contributed by atoms with E-state index in [-0.39, 0.29) is 25.5 Å². The van der Waals surface area contributed by atoms with Crippen LogP contribution >= 0.6 is 0 Å². The number of carbonyl (C=O) groups is 1. The lowest BCUT2D eigenvalue weighted by Crippen LogP contribution is -2.42. The van der Waals surface area contributed by atoms with Crippen LogP contribution in [0.3, 0.4) is 0 Å². The summed E-state index contributed by atoms with van der Waals surface area (Å²) in [4.78, 5) is 14.2. The Balaban J connectivity index is 2.18. The molecule has 136 valence electrons. The van der Waals surface area contributed by atoms with Crippen molar-refractivity contribution in [2.24, 2.45) is 5.41 Å². The molecule has 6 nitrogen and oxygen atoms in total. The van der Waals surface area contributed by atoms with E-state index >= 15 is 0 Å². The molecule has 0 fully saturated rings. The van der Waals surface area contributed by atoms with E-state index in [0.29, 0.717) is 6.54 Å². The number of nitrogens with zero attached hydrogens (tertiary/aromatic N) is 3. The van der Waals surface area contributed by atoms with E-state index in [1.165, 1.54) is 0 Å². The lowest BCUT2D eigenvalue weighted by molar-refractivity contribution is -0.131. The maximum absolute atomic E-state index is 12.6. The topological polar surface area (TPSA) is 78.6 Å². The van der Waals surface area contributed by atoms with Gasteiger partial charge >= 0.3 is 0 Å². The number of benzene rings is 1. The third-order valence-corrected chi connectivity index (χ3v) is 4.58. The fourth-order valence-corrected chi connectivity index (χ4v) is 2.85. The molecule has 0 aliphatic rings. The number of hydrogen-bond donors (Lipinski definition) is 2. The van der Waals surface area contributed by atoms with Crippen molar-refractivity contribution in [2.45, 2.75) is 27.2 Å². The quantitative estimate of drug-likeness (QED) is 0.797.